The van der Waals surface area contributed by atoms with Crippen LogP contribution in [0.25, 0.3) is 0 Å². The first kappa shape index (κ1) is 21.8. The largest absolute Gasteiger partial charge is 0.473 e. The van der Waals surface area contributed by atoms with Crippen molar-refractivity contribution >= 4 is 5.69 Å². The molecule has 1 aliphatic carbocycles. The van der Waals surface area contributed by atoms with E-state index in [0.717, 1.165) is 37.4 Å². The van der Waals surface area contributed by atoms with Crippen LogP contribution in [0.2, 0.25) is 0 Å². The Bertz CT molecular complexity index is 1290. The highest BCUT2D eigenvalue weighted by molar-refractivity contribution is 5.52. The van der Waals surface area contributed by atoms with E-state index in [0.29, 0.717) is 13.5 Å². The summed E-state index contributed by atoms with van der Waals surface area (Å²) in [6, 6.07) is 23.9. The van der Waals surface area contributed by atoms with Crippen molar-refractivity contribution in [2.45, 2.75) is 45.2 Å². The maximum atomic E-state index is 6.12. The molecule has 0 aromatic heterocycles. The Balaban J connectivity index is 1.27. The molecule has 178 valence electrons. The zero-order chi connectivity index (χ0) is 23.8. The molecule has 3 aromatic carbocycles. The van der Waals surface area contributed by atoms with Crippen molar-refractivity contribution in [3.63, 3.8) is 0 Å². The van der Waals surface area contributed by atoms with Crippen molar-refractivity contribution < 1.29 is 9.47 Å². The van der Waals surface area contributed by atoms with Gasteiger partial charge in [-0.3, -0.25) is 0 Å². The fourth-order valence-electron chi connectivity index (χ4n) is 5.23. The quantitative estimate of drug-likeness (QED) is 0.426. The second-order valence-electron chi connectivity index (χ2n) is 10.2. The Morgan fingerprint density at radius 1 is 0.714 bits per heavy atom. The number of anilines is 1. The van der Waals surface area contributed by atoms with E-state index >= 15 is 0 Å². The molecule has 0 spiro atoms. The summed E-state index contributed by atoms with van der Waals surface area (Å²) in [5, 5.41) is 0. The van der Waals surface area contributed by atoms with Gasteiger partial charge in [0.2, 0.25) is 0 Å². The molecular formula is C31H32N2O2. The fourth-order valence-corrected chi connectivity index (χ4v) is 5.23. The number of benzene rings is 3. The number of para-hydroxylation sites is 1. The molecule has 6 rings (SSSR count). The number of ether oxygens (including phenoxy) is 2. The van der Waals surface area contributed by atoms with Crippen LogP contribution in [-0.4, -0.2) is 18.4 Å². The maximum Gasteiger partial charge on any atom is 0.161 e. The van der Waals surface area contributed by atoms with Gasteiger partial charge in [0.15, 0.2) is 13.5 Å². The van der Waals surface area contributed by atoms with Gasteiger partial charge >= 0.3 is 0 Å². The van der Waals surface area contributed by atoms with Gasteiger partial charge in [-0.25, -0.2) is 0 Å². The van der Waals surface area contributed by atoms with Crippen LogP contribution in [0.15, 0.2) is 90.7 Å². The van der Waals surface area contributed by atoms with Gasteiger partial charge in [0.25, 0.3) is 0 Å². The molecule has 0 atom stereocenters. The van der Waals surface area contributed by atoms with Crippen LogP contribution in [0.4, 0.5) is 5.69 Å². The summed E-state index contributed by atoms with van der Waals surface area (Å²) < 4.78 is 12.2. The van der Waals surface area contributed by atoms with Gasteiger partial charge in [0.05, 0.1) is 0 Å². The molecule has 0 unspecified atom stereocenters. The molecule has 0 amide bonds. The third kappa shape index (κ3) is 4.18. The van der Waals surface area contributed by atoms with Crippen LogP contribution in [0, 0.1) is 0 Å². The number of allylic oxidation sites excluding steroid dienone is 3. The molecule has 2 heterocycles. The van der Waals surface area contributed by atoms with Crippen molar-refractivity contribution in [3.05, 3.63) is 113 Å². The molecule has 0 N–H and O–H groups in total. The van der Waals surface area contributed by atoms with Crippen LogP contribution in [0.1, 0.15) is 48.9 Å². The molecule has 35 heavy (non-hydrogen) atoms. The van der Waals surface area contributed by atoms with Crippen LogP contribution in [-0.2, 0) is 18.5 Å². The van der Waals surface area contributed by atoms with E-state index in [2.05, 4.69) is 109 Å². The highest BCUT2D eigenvalue weighted by atomic mass is 16.5. The molecule has 0 saturated heterocycles. The second-order valence-corrected chi connectivity index (χ2v) is 10.2. The van der Waals surface area contributed by atoms with Gasteiger partial charge < -0.3 is 19.3 Å². The standard InChI is InChI=1S/C31H32N2O2/c1-31(2,25-13-15-29-23(17-25)19-32(21-34-29)27-9-5-3-6-10-27)26-14-16-30-24(18-26)20-33(22-35-30)28-11-7-4-8-12-28/h3,5-7,9-18H,4,8,19-22H2,1-2H3. The van der Waals surface area contributed by atoms with Crippen LogP contribution < -0.4 is 14.4 Å². The highest BCUT2D eigenvalue weighted by Crippen LogP contribution is 2.39. The maximum absolute atomic E-state index is 6.12. The summed E-state index contributed by atoms with van der Waals surface area (Å²) in [7, 11) is 0. The van der Waals surface area contributed by atoms with E-state index < -0.39 is 0 Å². The lowest BCUT2D eigenvalue weighted by Gasteiger charge is -2.35. The van der Waals surface area contributed by atoms with Gasteiger partial charge in [0, 0.05) is 41.0 Å². The number of hydrogen-bond acceptors (Lipinski definition) is 4. The molecule has 0 radical (unpaired) electrons. The minimum atomic E-state index is -0.147. The van der Waals surface area contributed by atoms with E-state index in [1.165, 1.54) is 33.6 Å². The zero-order valence-electron chi connectivity index (χ0n) is 20.5. The van der Waals surface area contributed by atoms with Gasteiger partial charge in [-0.2, -0.15) is 0 Å². The molecule has 4 nitrogen and oxygen atoms in total. The number of rotatable bonds is 4. The van der Waals surface area contributed by atoms with Crippen molar-refractivity contribution in [3.8, 4) is 11.5 Å². The first-order chi connectivity index (χ1) is 17.1. The van der Waals surface area contributed by atoms with Crippen molar-refractivity contribution in [1.82, 2.24) is 4.90 Å². The van der Waals surface area contributed by atoms with E-state index in [-0.39, 0.29) is 5.41 Å². The smallest absolute Gasteiger partial charge is 0.161 e. The Morgan fingerprint density at radius 3 is 1.97 bits per heavy atom. The topological polar surface area (TPSA) is 24.9 Å². The van der Waals surface area contributed by atoms with Crippen LogP contribution in [0.3, 0.4) is 0 Å². The Kier molecular flexibility index (Phi) is 5.52. The predicted octanol–water partition coefficient (Wildman–Crippen LogP) is 6.75. The lowest BCUT2D eigenvalue weighted by atomic mass is 9.77. The minimum Gasteiger partial charge on any atom is -0.473 e. The third-order valence-corrected chi connectivity index (χ3v) is 7.50. The van der Waals surface area contributed by atoms with Crippen LogP contribution >= 0.6 is 0 Å². The van der Waals surface area contributed by atoms with Crippen molar-refractivity contribution in [2.75, 3.05) is 18.4 Å². The lowest BCUT2D eigenvalue weighted by Crippen LogP contribution is -2.32. The Hall–Kier alpha value is -3.66. The second kappa shape index (κ2) is 8.84. The molecular weight excluding hydrogens is 432 g/mol. The zero-order valence-corrected chi connectivity index (χ0v) is 20.5. The van der Waals surface area contributed by atoms with Crippen molar-refractivity contribution in [1.29, 1.82) is 0 Å². The van der Waals surface area contributed by atoms with Gasteiger partial charge in [-0.05, 0) is 66.4 Å². The SMILES string of the molecule is CC(C)(c1ccc2c(c1)CN(C1=CCCC=C1)CO2)c1ccc2c(c1)CN(c1ccccc1)CO2. The normalized spacial score (nSPS) is 17.1. The molecule has 2 aliphatic heterocycles. The van der Waals surface area contributed by atoms with Gasteiger partial charge in [0.1, 0.15) is 11.5 Å². The van der Waals surface area contributed by atoms with E-state index in [1.807, 2.05) is 0 Å². The summed E-state index contributed by atoms with van der Waals surface area (Å²) in [5.74, 6) is 1.98. The number of fused-ring (bicyclic) bond motifs is 2. The molecule has 4 heteroatoms. The average Bonchev–Trinajstić information content (AvgIpc) is 2.92. The predicted molar refractivity (Wildman–Crippen MR) is 141 cm³/mol. The van der Waals surface area contributed by atoms with Gasteiger partial charge in [-0.1, -0.05) is 56.3 Å². The van der Waals surface area contributed by atoms with Gasteiger partial charge in [-0.15, -0.1) is 0 Å². The number of hydrogen-bond donors (Lipinski definition) is 0. The summed E-state index contributed by atoms with van der Waals surface area (Å²) in [4.78, 5) is 4.60. The summed E-state index contributed by atoms with van der Waals surface area (Å²) >= 11 is 0. The molecule has 3 aromatic rings. The number of nitrogens with zero attached hydrogens (tertiary/aromatic N) is 2. The molecule has 0 saturated carbocycles. The summed E-state index contributed by atoms with van der Waals surface area (Å²) in [6.45, 7) is 7.52. The molecule has 0 fully saturated rings. The first-order valence-electron chi connectivity index (χ1n) is 12.5. The first-order valence-corrected chi connectivity index (χ1v) is 12.5. The lowest BCUT2D eigenvalue weighted by molar-refractivity contribution is 0.131. The molecule has 3 aliphatic rings. The van der Waals surface area contributed by atoms with Crippen LogP contribution in [0.5, 0.6) is 11.5 Å². The Labute approximate surface area is 208 Å². The monoisotopic (exact) mass is 464 g/mol. The van der Waals surface area contributed by atoms with E-state index in [4.69, 9.17) is 9.47 Å². The fraction of sp³-hybridized carbons (Fsp3) is 0.290. The Morgan fingerprint density at radius 2 is 1.34 bits per heavy atom. The summed E-state index contributed by atoms with van der Waals surface area (Å²) in [5.41, 5.74) is 7.38. The van der Waals surface area contributed by atoms with Crippen molar-refractivity contribution in [2.24, 2.45) is 0 Å². The highest BCUT2D eigenvalue weighted by Gasteiger charge is 2.28. The third-order valence-electron chi connectivity index (χ3n) is 7.50. The van der Waals surface area contributed by atoms with E-state index in [9.17, 15) is 0 Å². The minimum absolute atomic E-state index is 0.147. The average molecular weight is 465 g/mol. The van der Waals surface area contributed by atoms with E-state index in [1.54, 1.807) is 0 Å². The summed E-state index contributed by atoms with van der Waals surface area (Å²) in [6.07, 6.45) is 9.02. The molecule has 0 bridgehead atoms.